The third-order valence-electron chi connectivity index (χ3n) is 6.18. The molecule has 4 rings (SSSR count). The summed E-state index contributed by atoms with van der Waals surface area (Å²) in [6.07, 6.45) is 7.79. The monoisotopic (exact) mass is 328 g/mol. The summed E-state index contributed by atoms with van der Waals surface area (Å²) in [5.74, 6) is 0.740. The number of benzene rings is 1. The van der Waals surface area contributed by atoms with Gasteiger partial charge in [0.15, 0.2) is 0 Å². The molecule has 132 valence electrons. The van der Waals surface area contributed by atoms with Gasteiger partial charge in [0, 0.05) is 25.7 Å². The van der Waals surface area contributed by atoms with E-state index >= 15 is 0 Å². The van der Waals surface area contributed by atoms with E-state index in [1.807, 2.05) is 0 Å². The van der Waals surface area contributed by atoms with E-state index in [9.17, 15) is 0 Å². The fourth-order valence-electron chi connectivity index (χ4n) is 4.73. The fraction of sp³-hybridized carbons (Fsp3) is 0.714. The summed E-state index contributed by atoms with van der Waals surface area (Å²) in [6.45, 7) is 5.76. The Morgan fingerprint density at radius 2 is 2.08 bits per heavy atom. The summed E-state index contributed by atoms with van der Waals surface area (Å²) in [7, 11) is 2.30. The molecule has 0 aromatic heterocycles. The van der Waals surface area contributed by atoms with E-state index in [1.54, 1.807) is 0 Å². The van der Waals surface area contributed by atoms with Gasteiger partial charge in [-0.3, -0.25) is 0 Å². The Labute approximate surface area is 147 Å². The molecule has 3 fully saturated rings. The molecular weight excluding hydrogens is 296 g/mol. The Hall–Kier alpha value is -0.900. The molecule has 0 N–H and O–H groups in total. The average molecular weight is 329 g/mol. The van der Waals surface area contributed by atoms with Gasteiger partial charge >= 0.3 is 0 Å². The minimum Gasteiger partial charge on any atom is -0.373 e. The van der Waals surface area contributed by atoms with Crippen LogP contribution < -0.4 is 0 Å². The van der Waals surface area contributed by atoms with Crippen LogP contribution in [0, 0.1) is 5.92 Å². The highest BCUT2D eigenvalue weighted by Crippen LogP contribution is 2.38. The Kier molecular flexibility index (Phi) is 4.93. The van der Waals surface area contributed by atoms with Crippen LogP contribution in [0.4, 0.5) is 0 Å². The van der Waals surface area contributed by atoms with Crippen LogP contribution in [0.2, 0.25) is 0 Å². The molecule has 2 atom stereocenters. The first-order valence-electron chi connectivity index (χ1n) is 9.83. The van der Waals surface area contributed by atoms with Crippen LogP contribution in [0.15, 0.2) is 30.3 Å². The minimum atomic E-state index is 0.157. The van der Waals surface area contributed by atoms with Gasteiger partial charge in [-0.05, 0) is 63.6 Å². The second-order valence-corrected chi connectivity index (χ2v) is 8.35. The van der Waals surface area contributed by atoms with Crippen LogP contribution in [0.3, 0.4) is 0 Å². The molecule has 0 amide bonds. The molecule has 0 unspecified atom stereocenters. The molecule has 1 aromatic carbocycles. The normalized spacial score (nSPS) is 31.2. The number of nitrogens with zero attached hydrogens (tertiary/aromatic N) is 2. The van der Waals surface area contributed by atoms with E-state index in [4.69, 9.17) is 4.74 Å². The average Bonchev–Trinajstić information content (AvgIpc) is 3.39. The van der Waals surface area contributed by atoms with Gasteiger partial charge in [-0.25, -0.2) is 0 Å². The summed E-state index contributed by atoms with van der Waals surface area (Å²) in [5.41, 5.74) is 1.61. The largest absolute Gasteiger partial charge is 0.373 e. The molecule has 1 spiro atoms. The van der Waals surface area contributed by atoms with Crippen molar-refractivity contribution in [2.45, 2.75) is 50.2 Å². The van der Waals surface area contributed by atoms with Crippen LogP contribution >= 0.6 is 0 Å². The first-order chi connectivity index (χ1) is 11.7. The maximum absolute atomic E-state index is 6.41. The summed E-state index contributed by atoms with van der Waals surface area (Å²) >= 11 is 0. The first-order valence-corrected chi connectivity index (χ1v) is 9.83. The van der Waals surface area contributed by atoms with Crippen molar-refractivity contribution in [2.24, 2.45) is 5.92 Å². The molecule has 3 nitrogen and oxygen atoms in total. The third-order valence-corrected chi connectivity index (χ3v) is 6.18. The predicted octanol–water partition coefficient (Wildman–Crippen LogP) is 3.19. The zero-order valence-corrected chi connectivity index (χ0v) is 15.1. The molecule has 1 aromatic rings. The topological polar surface area (TPSA) is 15.7 Å². The van der Waals surface area contributed by atoms with E-state index in [2.05, 4.69) is 47.2 Å². The molecule has 2 heterocycles. The summed E-state index contributed by atoms with van der Waals surface area (Å²) < 4.78 is 6.41. The van der Waals surface area contributed by atoms with Crippen LogP contribution in [0.1, 0.15) is 37.7 Å². The van der Waals surface area contributed by atoms with Crippen molar-refractivity contribution >= 4 is 0 Å². The predicted molar refractivity (Wildman–Crippen MR) is 98.3 cm³/mol. The maximum Gasteiger partial charge on any atom is 0.0813 e. The van der Waals surface area contributed by atoms with Crippen LogP contribution in [-0.2, 0) is 11.2 Å². The lowest BCUT2D eigenvalue weighted by atomic mass is 9.86. The van der Waals surface area contributed by atoms with Crippen LogP contribution in [0.25, 0.3) is 0 Å². The lowest BCUT2D eigenvalue weighted by Gasteiger charge is -2.40. The van der Waals surface area contributed by atoms with Gasteiger partial charge in [0.05, 0.1) is 12.2 Å². The molecule has 3 heteroatoms. The van der Waals surface area contributed by atoms with Crippen molar-refractivity contribution in [3.63, 3.8) is 0 Å². The van der Waals surface area contributed by atoms with E-state index < -0.39 is 0 Å². The molecule has 2 aliphatic heterocycles. The Bertz CT molecular complexity index is 530. The molecule has 1 aliphatic carbocycles. The second-order valence-electron chi connectivity index (χ2n) is 8.35. The molecular formula is C21H32N2O. The van der Waals surface area contributed by atoms with Crippen LogP contribution in [-0.4, -0.2) is 61.3 Å². The van der Waals surface area contributed by atoms with Crippen molar-refractivity contribution in [1.29, 1.82) is 0 Å². The second kappa shape index (κ2) is 7.15. The summed E-state index contributed by atoms with van der Waals surface area (Å²) in [6, 6.07) is 11.8. The van der Waals surface area contributed by atoms with Crippen LogP contribution in [0.5, 0.6) is 0 Å². The van der Waals surface area contributed by atoms with Gasteiger partial charge in [0.1, 0.15) is 0 Å². The van der Waals surface area contributed by atoms with Gasteiger partial charge in [-0.2, -0.15) is 0 Å². The zero-order valence-electron chi connectivity index (χ0n) is 15.1. The maximum atomic E-state index is 6.41. The SMILES string of the molecule is CN(C[C@H]1CO[C@@]2(CCCN(CCc3ccccc3)C2)C1)C1CC1. The van der Waals surface area contributed by atoms with Gasteiger partial charge in [0.25, 0.3) is 0 Å². The van der Waals surface area contributed by atoms with Gasteiger partial charge < -0.3 is 14.5 Å². The van der Waals surface area contributed by atoms with Gasteiger partial charge in [-0.15, -0.1) is 0 Å². The molecule has 2 saturated heterocycles. The minimum absolute atomic E-state index is 0.157. The molecule has 0 radical (unpaired) electrons. The number of hydrogen-bond acceptors (Lipinski definition) is 3. The highest BCUT2D eigenvalue weighted by atomic mass is 16.5. The van der Waals surface area contributed by atoms with E-state index in [0.717, 1.165) is 31.5 Å². The number of ether oxygens (including phenoxy) is 1. The van der Waals surface area contributed by atoms with Crippen molar-refractivity contribution < 1.29 is 4.74 Å². The molecule has 3 aliphatic rings. The lowest BCUT2D eigenvalue weighted by molar-refractivity contribution is -0.0512. The van der Waals surface area contributed by atoms with Crippen molar-refractivity contribution in [1.82, 2.24) is 9.80 Å². The lowest BCUT2D eigenvalue weighted by Crippen LogP contribution is -2.48. The highest BCUT2D eigenvalue weighted by molar-refractivity contribution is 5.15. The first kappa shape index (κ1) is 16.6. The smallest absolute Gasteiger partial charge is 0.0813 e. The van der Waals surface area contributed by atoms with E-state index in [1.165, 1.54) is 57.3 Å². The third kappa shape index (κ3) is 4.01. The van der Waals surface area contributed by atoms with Crippen molar-refractivity contribution in [3.8, 4) is 0 Å². The summed E-state index contributed by atoms with van der Waals surface area (Å²) in [4.78, 5) is 5.21. The fourth-order valence-corrected chi connectivity index (χ4v) is 4.73. The van der Waals surface area contributed by atoms with Crippen molar-refractivity contribution in [2.75, 3.05) is 39.8 Å². The number of rotatable bonds is 6. The number of hydrogen-bond donors (Lipinski definition) is 0. The molecule has 24 heavy (non-hydrogen) atoms. The van der Waals surface area contributed by atoms with Gasteiger partial charge in [0.2, 0.25) is 0 Å². The molecule has 1 saturated carbocycles. The quantitative estimate of drug-likeness (QED) is 0.797. The highest BCUT2D eigenvalue weighted by Gasteiger charge is 2.44. The van der Waals surface area contributed by atoms with E-state index in [-0.39, 0.29) is 5.60 Å². The Morgan fingerprint density at radius 1 is 1.25 bits per heavy atom. The zero-order chi connectivity index (χ0) is 16.4. The van der Waals surface area contributed by atoms with E-state index in [0.29, 0.717) is 0 Å². The Morgan fingerprint density at radius 3 is 2.88 bits per heavy atom. The molecule has 0 bridgehead atoms. The number of piperidine rings is 1. The van der Waals surface area contributed by atoms with Gasteiger partial charge in [-0.1, -0.05) is 30.3 Å². The number of likely N-dealkylation sites (tertiary alicyclic amines) is 1. The Balaban J connectivity index is 1.28. The summed E-state index contributed by atoms with van der Waals surface area (Å²) in [5, 5.41) is 0. The standard InChI is InChI=1S/C21H32N2O/c1-22(20-8-9-20)15-19-14-21(24-16-19)11-5-12-23(17-21)13-10-18-6-3-2-4-7-18/h2-4,6-7,19-20H,5,8-17H2,1H3/t19-,21-/m0/s1. The van der Waals surface area contributed by atoms with Crippen molar-refractivity contribution in [3.05, 3.63) is 35.9 Å².